The monoisotopic (exact) mass is 274 g/mol. The third kappa shape index (κ3) is 2.85. The zero-order valence-electron chi connectivity index (χ0n) is 12.7. The lowest BCUT2D eigenvalue weighted by Crippen LogP contribution is -2.36. The first kappa shape index (κ1) is 14.6. The number of benzene rings is 1. The largest absolute Gasteiger partial charge is 0.508 e. The molecule has 1 heterocycles. The van der Waals surface area contributed by atoms with Crippen molar-refractivity contribution in [3.8, 4) is 5.75 Å². The summed E-state index contributed by atoms with van der Waals surface area (Å²) in [5, 5.41) is 17.3. The lowest BCUT2D eigenvalue weighted by molar-refractivity contribution is 0.371. The Hall–Kier alpha value is -1.81. The average Bonchev–Trinajstić information content (AvgIpc) is 2.71. The van der Waals surface area contributed by atoms with Gasteiger partial charge in [-0.3, -0.25) is 0 Å². The zero-order valence-corrected chi connectivity index (χ0v) is 12.7. The van der Waals surface area contributed by atoms with E-state index in [9.17, 15) is 5.11 Å². The fourth-order valence-electron chi connectivity index (χ4n) is 2.55. The van der Waals surface area contributed by atoms with Gasteiger partial charge in [-0.05, 0) is 51.8 Å². The van der Waals surface area contributed by atoms with Gasteiger partial charge in [0.15, 0.2) is 0 Å². The normalized spacial score (nSPS) is 11.8. The number of aromatic nitrogens is 1. The molecule has 0 spiro atoms. The van der Waals surface area contributed by atoms with E-state index in [1.807, 2.05) is 32.9 Å². The number of hydrogen-bond donors (Lipinski definition) is 2. The highest BCUT2D eigenvalue weighted by atomic mass is 16.5. The first-order valence-electron chi connectivity index (χ1n) is 6.78. The van der Waals surface area contributed by atoms with Crippen LogP contribution in [-0.2, 0) is 12.1 Å². The number of phenolic OH excluding ortho intramolecular Hbond substituents is 1. The molecule has 4 heteroatoms. The van der Waals surface area contributed by atoms with Gasteiger partial charge in [-0.1, -0.05) is 17.3 Å². The smallest absolute Gasteiger partial charge is 0.138 e. The van der Waals surface area contributed by atoms with E-state index in [1.165, 1.54) is 0 Å². The summed E-state index contributed by atoms with van der Waals surface area (Å²) in [7, 11) is 0. The Morgan fingerprint density at radius 2 is 1.95 bits per heavy atom. The van der Waals surface area contributed by atoms with Crippen LogP contribution >= 0.6 is 0 Å². The van der Waals surface area contributed by atoms with Gasteiger partial charge in [0.05, 0.1) is 5.69 Å². The number of aromatic hydroxyl groups is 1. The Bertz CT molecular complexity index is 595. The molecule has 0 atom stereocenters. The van der Waals surface area contributed by atoms with Crippen LogP contribution in [0.1, 0.15) is 42.0 Å². The minimum Gasteiger partial charge on any atom is -0.508 e. The van der Waals surface area contributed by atoms with E-state index in [2.05, 4.69) is 24.3 Å². The molecule has 0 aliphatic carbocycles. The van der Waals surface area contributed by atoms with Crippen LogP contribution in [0.25, 0.3) is 0 Å². The van der Waals surface area contributed by atoms with Gasteiger partial charge in [-0.25, -0.2) is 0 Å². The summed E-state index contributed by atoms with van der Waals surface area (Å²) in [5.74, 6) is 1.17. The van der Waals surface area contributed by atoms with Crippen molar-refractivity contribution in [2.24, 2.45) is 0 Å². The van der Waals surface area contributed by atoms with Crippen LogP contribution < -0.4 is 5.32 Å². The molecule has 0 radical (unpaired) electrons. The van der Waals surface area contributed by atoms with E-state index in [0.717, 1.165) is 28.1 Å². The highest BCUT2D eigenvalue weighted by Gasteiger charge is 2.27. The van der Waals surface area contributed by atoms with Gasteiger partial charge in [0, 0.05) is 17.6 Å². The Labute approximate surface area is 119 Å². The molecular formula is C16H22N2O2. The minimum absolute atomic E-state index is 0.241. The molecule has 2 rings (SSSR count). The van der Waals surface area contributed by atoms with Crippen LogP contribution in [0.5, 0.6) is 5.75 Å². The molecule has 0 aliphatic heterocycles. The quantitative estimate of drug-likeness (QED) is 0.898. The Kier molecular flexibility index (Phi) is 3.86. The lowest BCUT2D eigenvalue weighted by Gasteiger charge is -2.26. The topological polar surface area (TPSA) is 58.3 Å². The molecule has 4 nitrogen and oxygen atoms in total. The first-order valence-corrected chi connectivity index (χ1v) is 6.78. The van der Waals surface area contributed by atoms with E-state index in [0.29, 0.717) is 12.3 Å². The summed E-state index contributed by atoms with van der Waals surface area (Å²) in [6.45, 7) is 10.6. The highest BCUT2D eigenvalue weighted by molar-refractivity contribution is 5.35. The number of phenols is 1. The van der Waals surface area contributed by atoms with Crippen molar-refractivity contribution in [3.63, 3.8) is 0 Å². The second-order valence-electron chi connectivity index (χ2n) is 5.80. The molecule has 0 saturated heterocycles. The number of hydrogen-bond acceptors (Lipinski definition) is 4. The molecule has 0 bridgehead atoms. The van der Waals surface area contributed by atoms with Crippen LogP contribution in [0.2, 0.25) is 0 Å². The van der Waals surface area contributed by atoms with Gasteiger partial charge in [0.25, 0.3) is 0 Å². The van der Waals surface area contributed by atoms with E-state index >= 15 is 0 Å². The molecule has 2 N–H and O–H groups in total. The molecule has 0 aliphatic rings. The zero-order chi connectivity index (χ0) is 14.9. The molecule has 0 fully saturated rings. The van der Waals surface area contributed by atoms with Gasteiger partial charge in [-0.2, -0.15) is 0 Å². The van der Waals surface area contributed by atoms with Crippen LogP contribution in [0, 0.1) is 20.8 Å². The average molecular weight is 274 g/mol. The lowest BCUT2D eigenvalue weighted by atomic mass is 9.92. The predicted molar refractivity (Wildman–Crippen MR) is 78.7 cm³/mol. The third-order valence-corrected chi connectivity index (χ3v) is 3.67. The maximum atomic E-state index is 9.75. The van der Waals surface area contributed by atoms with Gasteiger partial charge in [0.2, 0.25) is 0 Å². The number of nitrogens with one attached hydrogen (secondary N) is 1. The van der Waals surface area contributed by atoms with Crippen molar-refractivity contribution < 1.29 is 9.63 Å². The van der Waals surface area contributed by atoms with E-state index in [-0.39, 0.29) is 5.54 Å². The van der Waals surface area contributed by atoms with Crippen molar-refractivity contribution in [2.45, 2.75) is 46.7 Å². The number of nitrogens with zero attached hydrogens (tertiary/aromatic N) is 1. The summed E-state index contributed by atoms with van der Waals surface area (Å²) in [6, 6.07) is 5.74. The fourth-order valence-corrected chi connectivity index (χ4v) is 2.55. The molecule has 0 unspecified atom stereocenters. The second kappa shape index (κ2) is 5.29. The fraction of sp³-hybridized carbons (Fsp3) is 0.438. The first-order chi connectivity index (χ1) is 9.31. The molecule has 20 heavy (non-hydrogen) atoms. The highest BCUT2D eigenvalue weighted by Crippen LogP contribution is 2.27. The number of rotatable bonds is 4. The SMILES string of the molecule is Cc1ccc(CNC(C)(C)c2c(C)noc2C)cc1O. The van der Waals surface area contributed by atoms with E-state index < -0.39 is 0 Å². The Balaban J connectivity index is 2.15. The van der Waals surface area contributed by atoms with Crippen LogP contribution in [0.4, 0.5) is 0 Å². The molecular weight excluding hydrogens is 252 g/mol. The van der Waals surface area contributed by atoms with Gasteiger partial charge < -0.3 is 14.9 Å². The van der Waals surface area contributed by atoms with Crippen molar-refractivity contribution in [3.05, 3.63) is 46.3 Å². The number of aryl methyl sites for hydroxylation is 3. The minimum atomic E-state index is -0.241. The van der Waals surface area contributed by atoms with Crippen LogP contribution in [-0.4, -0.2) is 10.3 Å². The van der Waals surface area contributed by atoms with Crippen molar-refractivity contribution >= 4 is 0 Å². The van der Waals surface area contributed by atoms with Crippen molar-refractivity contribution in [1.82, 2.24) is 10.5 Å². The van der Waals surface area contributed by atoms with Crippen LogP contribution in [0.3, 0.4) is 0 Å². The Morgan fingerprint density at radius 3 is 2.50 bits per heavy atom. The van der Waals surface area contributed by atoms with E-state index in [4.69, 9.17) is 4.52 Å². The molecule has 0 amide bonds. The summed E-state index contributed by atoms with van der Waals surface area (Å²) < 4.78 is 5.24. The maximum Gasteiger partial charge on any atom is 0.138 e. The summed E-state index contributed by atoms with van der Waals surface area (Å²) in [5.41, 5.74) is 3.70. The van der Waals surface area contributed by atoms with Gasteiger partial charge in [-0.15, -0.1) is 0 Å². The molecule has 0 saturated carbocycles. The standard InChI is InChI=1S/C16H22N2O2/c1-10-6-7-13(8-14(10)19)9-17-16(4,5)15-11(2)18-20-12(15)3/h6-8,17,19H,9H2,1-5H3. The van der Waals surface area contributed by atoms with E-state index in [1.54, 1.807) is 6.07 Å². The second-order valence-corrected chi connectivity index (χ2v) is 5.80. The molecule has 2 aromatic rings. The van der Waals surface area contributed by atoms with Crippen LogP contribution in [0.15, 0.2) is 22.7 Å². The predicted octanol–water partition coefficient (Wildman–Crippen LogP) is 3.33. The van der Waals surface area contributed by atoms with Gasteiger partial charge in [0.1, 0.15) is 11.5 Å². The summed E-state index contributed by atoms with van der Waals surface area (Å²) >= 11 is 0. The molecule has 1 aromatic heterocycles. The molecule has 1 aromatic carbocycles. The van der Waals surface area contributed by atoms with Gasteiger partial charge >= 0.3 is 0 Å². The molecule has 108 valence electrons. The Morgan fingerprint density at radius 1 is 1.25 bits per heavy atom. The van der Waals surface area contributed by atoms with Crippen molar-refractivity contribution in [2.75, 3.05) is 0 Å². The maximum absolute atomic E-state index is 9.75. The van der Waals surface area contributed by atoms with Crippen molar-refractivity contribution in [1.29, 1.82) is 0 Å². The summed E-state index contributed by atoms with van der Waals surface area (Å²) in [4.78, 5) is 0. The third-order valence-electron chi connectivity index (χ3n) is 3.67. The summed E-state index contributed by atoms with van der Waals surface area (Å²) in [6.07, 6.45) is 0.